The van der Waals surface area contributed by atoms with Crippen molar-refractivity contribution >= 4 is 5.97 Å². The third kappa shape index (κ3) is 6.49. The van der Waals surface area contributed by atoms with Crippen LogP contribution in [0.15, 0.2) is 12.2 Å². The molecule has 0 aromatic heterocycles. The highest BCUT2D eigenvalue weighted by molar-refractivity contribution is 5.88. The number of esters is 1. The molecule has 4 fully saturated rings. The van der Waals surface area contributed by atoms with Gasteiger partial charge in [-0.05, 0) is 129 Å². The van der Waals surface area contributed by atoms with E-state index in [4.69, 9.17) is 4.74 Å². The van der Waals surface area contributed by atoms with Gasteiger partial charge in [0, 0.05) is 12.1 Å². The Morgan fingerprint density at radius 2 is 1.62 bits per heavy atom. The van der Waals surface area contributed by atoms with Gasteiger partial charge in [0.2, 0.25) is 0 Å². The predicted octanol–water partition coefficient (Wildman–Crippen LogP) is 9.17. The maximum absolute atomic E-state index is 12.6. The minimum atomic E-state index is -0.181. The van der Waals surface area contributed by atoms with E-state index in [-0.39, 0.29) is 5.97 Å². The normalized spacial score (nSPS) is 38.7. The molecule has 0 heterocycles. The monoisotopic (exact) mass is 541 g/mol. The zero-order valence-corrected chi connectivity index (χ0v) is 26.9. The van der Waals surface area contributed by atoms with Crippen LogP contribution >= 0.6 is 0 Å². The van der Waals surface area contributed by atoms with Crippen molar-refractivity contribution in [1.29, 1.82) is 0 Å². The van der Waals surface area contributed by atoms with E-state index >= 15 is 0 Å². The molecule has 4 saturated carbocycles. The molecule has 0 N–H and O–H groups in total. The second-order valence-electron chi connectivity index (χ2n) is 15.5. The molecule has 0 aromatic carbocycles. The summed E-state index contributed by atoms with van der Waals surface area (Å²) in [4.78, 5) is 14.9. The van der Waals surface area contributed by atoms with Gasteiger partial charge in [0.15, 0.2) is 0 Å². The maximum atomic E-state index is 12.6. The van der Waals surface area contributed by atoms with Crippen molar-refractivity contribution in [3.63, 3.8) is 0 Å². The summed E-state index contributed by atoms with van der Waals surface area (Å²) in [6.07, 6.45) is 16.8. The molecule has 1 unspecified atom stereocenters. The number of carbonyl (C=O) groups excluding carboxylic acids is 1. The average Bonchev–Trinajstić information content (AvgIpc) is 3.27. The van der Waals surface area contributed by atoms with Crippen molar-refractivity contribution in [2.75, 3.05) is 26.2 Å². The van der Waals surface area contributed by atoms with Gasteiger partial charge in [-0.25, -0.2) is 4.79 Å². The molecule has 4 rings (SSSR count). The average molecular weight is 542 g/mol. The molecular formula is C36H63NO2. The van der Waals surface area contributed by atoms with Crippen LogP contribution in [-0.2, 0) is 9.53 Å². The van der Waals surface area contributed by atoms with Crippen LogP contribution in [0, 0.1) is 58.2 Å². The molecule has 9 atom stereocenters. The summed E-state index contributed by atoms with van der Waals surface area (Å²) in [5, 5.41) is 0. The topological polar surface area (TPSA) is 29.5 Å². The Balaban J connectivity index is 1.32. The van der Waals surface area contributed by atoms with E-state index < -0.39 is 0 Å². The molecule has 3 nitrogen and oxygen atoms in total. The summed E-state index contributed by atoms with van der Waals surface area (Å²) in [6, 6.07) is 0. The molecule has 39 heavy (non-hydrogen) atoms. The van der Waals surface area contributed by atoms with Crippen molar-refractivity contribution in [2.24, 2.45) is 58.2 Å². The molecular weight excluding hydrogens is 478 g/mol. The van der Waals surface area contributed by atoms with Crippen molar-refractivity contribution < 1.29 is 9.53 Å². The molecule has 4 aliphatic rings. The summed E-state index contributed by atoms with van der Waals surface area (Å²) in [7, 11) is 0. The highest BCUT2D eigenvalue weighted by Crippen LogP contribution is 2.68. The Bertz CT molecular complexity index is 832. The smallest absolute Gasteiger partial charge is 0.334 e. The van der Waals surface area contributed by atoms with Crippen molar-refractivity contribution in [2.45, 2.75) is 126 Å². The fourth-order valence-corrected chi connectivity index (χ4v) is 10.6. The number of ether oxygens (including phenoxy) is 1. The number of likely N-dealkylation sites (N-methyl/N-ethyl adjacent to an activating group) is 1. The molecule has 0 radical (unpaired) electrons. The van der Waals surface area contributed by atoms with Crippen LogP contribution in [-0.4, -0.2) is 37.1 Å². The van der Waals surface area contributed by atoms with Crippen LogP contribution < -0.4 is 0 Å². The van der Waals surface area contributed by atoms with E-state index in [1.54, 1.807) is 0 Å². The minimum Gasteiger partial charge on any atom is -0.462 e. The van der Waals surface area contributed by atoms with Gasteiger partial charge in [-0.2, -0.15) is 0 Å². The van der Waals surface area contributed by atoms with Gasteiger partial charge in [-0.3, -0.25) is 4.90 Å². The molecule has 4 aliphatic carbocycles. The van der Waals surface area contributed by atoms with Gasteiger partial charge in [-0.15, -0.1) is 0 Å². The Labute approximate surface area is 242 Å². The highest BCUT2D eigenvalue weighted by Gasteiger charge is 2.60. The molecule has 0 aromatic rings. The third-order valence-electron chi connectivity index (χ3n) is 13.0. The Morgan fingerprint density at radius 1 is 0.923 bits per heavy atom. The summed E-state index contributed by atoms with van der Waals surface area (Å²) >= 11 is 0. The van der Waals surface area contributed by atoms with E-state index in [9.17, 15) is 4.79 Å². The number of hydrogen-bond acceptors (Lipinski definition) is 3. The quantitative estimate of drug-likeness (QED) is 0.182. The number of hydrogen-bond donors (Lipinski definition) is 0. The number of rotatable bonds is 12. The van der Waals surface area contributed by atoms with Gasteiger partial charge in [0.25, 0.3) is 0 Å². The van der Waals surface area contributed by atoms with Gasteiger partial charge >= 0.3 is 5.97 Å². The zero-order valence-electron chi connectivity index (χ0n) is 26.9. The summed E-state index contributed by atoms with van der Waals surface area (Å²) in [6.45, 7) is 24.1. The third-order valence-corrected chi connectivity index (χ3v) is 13.0. The lowest BCUT2D eigenvalue weighted by atomic mass is 9.44. The number of carbonyl (C=O) groups is 1. The standard InChI is InChI=1S/C36H63NO2/c1-9-37(10-2)23-27(6)34(38)39-24-28-18-20-35(7)29(22-28)14-15-30-32-17-16-31(26(5)13-11-12-25(3)4)36(32,8)21-19-33(30)35/h25-26,28-33H,6,9-24H2,1-5,7-8H3/t26-,28+,29-,30+,31?,32-,33-,35+,36-/m1/s1. The Morgan fingerprint density at radius 3 is 2.31 bits per heavy atom. The Kier molecular flexibility index (Phi) is 10.4. The van der Waals surface area contributed by atoms with E-state index in [2.05, 4.69) is 59.9 Å². The number of nitrogens with zero attached hydrogens (tertiary/aromatic N) is 1. The maximum Gasteiger partial charge on any atom is 0.334 e. The van der Waals surface area contributed by atoms with Crippen LogP contribution in [0.25, 0.3) is 0 Å². The van der Waals surface area contributed by atoms with E-state index in [1.165, 1.54) is 77.0 Å². The van der Waals surface area contributed by atoms with Crippen molar-refractivity contribution in [1.82, 2.24) is 4.90 Å². The van der Waals surface area contributed by atoms with Crippen LogP contribution in [0.1, 0.15) is 126 Å². The van der Waals surface area contributed by atoms with Gasteiger partial charge in [0.1, 0.15) is 0 Å². The van der Waals surface area contributed by atoms with Crippen molar-refractivity contribution in [3.8, 4) is 0 Å². The molecule has 0 spiro atoms. The largest absolute Gasteiger partial charge is 0.462 e. The fourth-order valence-electron chi connectivity index (χ4n) is 10.6. The lowest BCUT2D eigenvalue weighted by Gasteiger charge is -2.61. The number of fused-ring (bicyclic) bond motifs is 5. The lowest BCUT2D eigenvalue weighted by molar-refractivity contribution is -0.145. The Hall–Kier alpha value is -0.830. The van der Waals surface area contributed by atoms with Crippen molar-refractivity contribution in [3.05, 3.63) is 12.2 Å². The van der Waals surface area contributed by atoms with Gasteiger partial charge < -0.3 is 4.74 Å². The van der Waals surface area contributed by atoms with E-state index in [0.717, 1.165) is 54.5 Å². The van der Waals surface area contributed by atoms with E-state index in [1.807, 2.05) is 0 Å². The SMILES string of the molecule is C=C(CN(CC)CC)C(=O)OC[C@H]1CC[C@@]2(C)[C@H](CC[C@@H]3[C@H]2CC[C@]2(C)C([C@H](C)CCCC(C)C)CC[C@H]32)C1. The minimum absolute atomic E-state index is 0.181. The predicted molar refractivity (Wildman–Crippen MR) is 164 cm³/mol. The second-order valence-corrected chi connectivity index (χ2v) is 15.5. The van der Waals surface area contributed by atoms with Crippen LogP contribution in [0.2, 0.25) is 0 Å². The first kappa shape index (κ1) is 31.1. The molecule has 0 aliphatic heterocycles. The van der Waals surface area contributed by atoms with Crippen LogP contribution in [0.3, 0.4) is 0 Å². The molecule has 0 saturated heterocycles. The lowest BCUT2D eigenvalue weighted by Crippen LogP contribution is -2.54. The molecule has 3 heteroatoms. The second kappa shape index (κ2) is 13.0. The molecule has 0 amide bonds. The molecule has 224 valence electrons. The highest BCUT2D eigenvalue weighted by atomic mass is 16.5. The fraction of sp³-hybridized carbons (Fsp3) is 0.917. The summed E-state index contributed by atoms with van der Waals surface area (Å²) in [5.74, 6) is 6.67. The van der Waals surface area contributed by atoms with Gasteiger partial charge in [-0.1, -0.05) is 74.3 Å². The van der Waals surface area contributed by atoms with Crippen LogP contribution in [0.5, 0.6) is 0 Å². The first-order chi connectivity index (χ1) is 18.5. The zero-order chi connectivity index (χ0) is 28.4. The summed E-state index contributed by atoms with van der Waals surface area (Å²) < 4.78 is 5.83. The first-order valence-electron chi connectivity index (χ1n) is 17.1. The molecule has 0 bridgehead atoms. The first-order valence-corrected chi connectivity index (χ1v) is 17.1. The van der Waals surface area contributed by atoms with E-state index in [0.29, 0.717) is 35.5 Å². The summed E-state index contributed by atoms with van der Waals surface area (Å²) in [5.41, 5.74) is 1.69. The van der Waals surface area contributed by atoms with Gasteiger partial charge in [0.05, 0.1) is 6.61 Å². The van der Waals surface area contributed by atoms with Crippen LogP contribution in [0.4, 0.5) is 0 Å².